The molecule has 0 unspecified atom stereocenters. The smallest absolute Gasteiger partial charge is 0.325 e. The van der Waals surface area contributed by atoms with Gasteiger partial charge in [0, 0.05) is 12.7 Å². The summed E-state index contributed by atoms with van der Waals surface area (Å²) in [6.07, 6.45) is 1.41. The molecule has 1 N–H and O–H groups in total. The zero-order valence-electron chi connectivity index (χ0n) is 10.4. The van der Waals surface area contributed by atoms with Crippen molar-refractivity contribution in [2.75, 3.05) is 19.7 Å². The third-order valence-corrected chi connectivity index (χ3v) is 2.28. The summed E-state index contributed by atoms with van der Waals surface area (Å²) in [6, 6.07) is 2.90. The molecule has 0 saturated heterocycles. The van der Waals surface area contributed by atoms with E-state index in [1.807, 2.05) is 0 Å². The highest BCUT2D eigenvalue weighted by atomic mass is 16.5. The number of ether oxygens (including phenoxy) is 1. The van der Waals surface area contributed by atoms with E-state index >= 15 is 0 Å². The van der Waals surface area contributed by atoms with Gasteiger partial charge in [-0.05, 0) is 26.0 Å². The molecule has 1 heterocycles. The Balaban J connectivity index is 2.80. The maximum atomic E-state index is 12.0. The van der Waals surface area contributed by atoms with Crippen LogP contribution in [0.5, 0.6) is 5.75 Å². The van der Waals surface area contributed by atoms with Crippen molar-refractivity contribution < 1.29 is 19.4 Å². The molecular formula is C12H16N2O4. The number of carbonyl (C=O) groups excluding carboxylic acids is 2. The first kappa shape index (κ1) is 14.0. The Bertz CT molecular complexity index is 434. The lowest BCUT2D eigenvalue weighted by Crippen LogP contribution is -2.36. The zero-order chi connectivity index (χ0) is 13.5. The molecule has 6 nitrogen and oxygen atoms in total. The Kier molecular flexibility index (Phi) is 5.10. The molecule has 0 fully saturated rings. The summed E-state index contributed by atoms with van der Waals surface area (Å²) < 4.78 is 4.77. The fraction of sp³-hybridized carbons (Fsp3) is 0.417. The second-order valence-electron chi connectivity index (χ2n) is 3.50. The monoisotopic (exact) mass is 252 g/mol. The van der Waals surface area contributed by atoms with E-state index in [9.17, 15) is 14.7 Å². The minimum atomic E-state index is -0.497. The molecule has 0 saturated carbocycles. The topological polar surface area (TPSA) is 79.7 Å². The summed E-state index contributed by atoms with van der Waals surface area (Å²) >= 11 is 0. The Morgan fingerprint density at radius 2 is 2.17 bits per heavy atom. The molecule has 0 aliphatic carbocycles. The summed E-state index contributed by atoms with van der Waals surface area (Å²) in [7, 11) is 0. The van der Waals surface area contributed by atoms with Gasteiger partial charge in [-0.25, -0.2) is 4.98 Å². The highest BCUT2D eigenvalue weighted by Gasteiger charge is 2.21. The minimum absolute atomic E-state index is 0.0661. The molecule has 0 aliphatic heterocycles. The fourth-order valence-corrected chi connectivity index (χ4v) is 1.40. The number of rotatable bonds is 5. The van der Waals surface area contributed by atoms with Crippen LogP contribution >= 0.6 is 0 Å². The molecule has 1 amide bonds. The predicted molar refractivity (Wildman–Crippen MR) is 64.1 cm³/mol. The summed E-state index contributed by atoms with van der Waals surface area (Å²) in [5.74, 6) is -1.18. The molecule has 0 aliphatic rings. The molecule has 0 spiro atoms. The molecule has 0 radical (unpaired) electrons. The number of esters is 1. The van der Waals surface area contributed by atoms with Crippen molar-refractivity contribution >= 4 is 11.9 Å². The summed E-state index contributed by atoms with van der Waals surface area (Å²) in [5, 5.41) is 9.54. The maximum absolute atomic E-state index is 12.0. The number of aromatic hydroxyl groups is 1. The third-order valence-electron chi connectivity index (χ3n) is 2.28. The van der Waals surface area contributed by atoms with E-state index in [0.717, 1.165) is 0 Å². The number of amides is 1. The number of likely N-dealkylation sites (N-methyl/N-ethyl adjacent to an activating group) is 1. The molecule has 18 heavy (non-hydrogen) atoms. The summed E-state index contributed by atoms with van der Waals surface area (Å²) in [5.41, 5.74) is -0.0661. The third kappa shape index (κ3) is 3.44. The van der Waals surface area contributed by atoms with Crippen molar-refractivity contribution in [1.82, 2.24) is 9.88 Å². The van der Waals surface area contributed by atoms with Crippen molar-refractivity contribution in [2.24, 2.45) is 0 Å². The lowest BCUT2D eigenvalue weighted by Gasteiger charge is -2.19. The second kappa shape index (κ2) is 6.58. The van der Waals surface area contributed by atoms with Gasteiger partial charge in [-0.2, -0.15) is 0 Å². The Hall–Kier alpha value is -2.11. The van der Waals surface area contributed by atoms with Crippen LogP contribution in [0.15, 0.2) is 18.3 Å². The number of pyridine rings is 1. The van der Waals surface area contributed by atoms with Crippen LogP contribution in [0.3, 0.4) is 0 Å². The van der Waals surface area contributed by atoms with Gasteiger partial charge in [0.1, 0.15) is 12.3 Å². The second-order valence-corrected chi connectivity index (χ2v) is 3.50. The largest absolute Gasteiger partial charge is 0.505 e. The molecule has 98 valence electrons. The quantitative estimate of drug-likeness (QED) is 0.784. The van der Waals surface area contributed by atoms with Crippen LogP contribution in [-0.2, 0) is 9.53 Å². The van der Waals surface area contributed by atoms with E-state index in [-0.39, 0.29) is 24.6 Å². The molecule has 1 aromatic heterocycles. The van der Waals surface area contributed by atoms with Crippen molar-refractivity contribution in [3.8, 4) is 5.75 Å². The molecule has 0 atom stereocenters. The number of aromatic nitrogens is 1. The number of hydrogen-bond donors (Lipinski definition) is 1. The first-order chi connectivity index (χ1) is 8.60. The van der Waals surface area contributed by atoms with Crippen LogP contribution in [0.25, 0.3) is 0 Å². The van der Waals surface area contributed by atoms with Gasteiger partial charge in [-0.3, -0.25) is 9.59 Å². The van der Waals surface area contributed by atoms with Crippen LogP contribution < -0.4 is 0 Å². The Labute approximate surface area is 105 Å². The highest BCUT2D eigenvalue weighted by molar-refractivity contribution is 5.96. The molecule has 1 aromatic rings. The van der Waals surface area contributed by atoms with Crippen LogP contribution in [-0.4, -0.2) is 46.6 Å². The fourth-order valence-electron chi connectivity index (χ4n) is 1.40. The van der Waals surface area contributed by atoms with Crippen LogP contribution in [0.2, 0.25) is 0 Å². The van der Waals surface area contributed by atoms with Gasteiger partial charge in [0.2, 0.25) is 0 Å². The van der Waals surface area contributed by atoms with Gasteiger partial charge in [0.25, 0.3) is 5.91 Å². The van der Waals surface area contributed by atoms with Gasteiger partial charge < -0.3 is 14.7 Å². The van der Waals surface area contributed by atoms with E-state index in [2.05, 4.69) is 4.98 Å². The van der Waals surface area contributed by atoms with Gasteiger partial charge in [0.15, 0.2) is 5.69 Å². The first-order valence-corrected chi connectivity index (χ1v) is 5.69. The SMILES string of the molecule is CCOC(=O)CN(CC)C(=O)c1ncccc1O. The molecular weight excluding hydrogens is 236 g/mol. The minimum Gasteiger partial charge on any atom is -0.505 e. The van der Waals surface area contributed by atoms with Crippen molar-refractivity contribution in [1.29, 1.82) is 0 Å². The van der Waals surface area contributed by atoms with Crippen molar-refractivity contribution in [3.63, 3.8) is 0 Å². The highest BCUT2D eigenvalue weighted by Crippen LogP contribution is 2.14. The summed E-state index contributed by atoms with van der Waals surface area (Å²) in [4.78, 5) is 28.4. The Morgan fingerprint density at radius 1 is 1.44 bits per heavy atom. The molecule has 6 heteroatoms. The maximum Gasteiger partial charge on any atom is 0.325 e. The van der Waals surface area contributed by atoms with Crippen LogP contribution in [0, 0.1) is 0 Å². The lowest BCUT2D eigenvalue weighted by atomic mass is 10.3. The van der Waals surface area contributed by atoms with E-state index in [0.29, 0.717) is 6.54 Å². The number of nitrogens with zero attached hydrogens (tertiary/aromatic N) is 2. The van der Waals surface area contributed by atoms with Crippen LogP contribution in [0.4, 0.5) is 0 Å². The van der Waals surface area contributed by atoms with E-state index in [1.54, 1.807) is 13.8 Å². The van der Waals surface area contributed by atoms with E-state index in [4.69, 9.17) is 4.74 Å². The van der Waals surface area contributed by atoms with E-state index < -0.39 is 11.9 Å². The molecule has 0 bridgehead atoms. The molecule has 1 rings (SSSR count). The summed E-state index contributed by atoms with van der Waals surface area (Å²) in [6.45, 7) is 3.87. The molecule has 0 aromatic carbocycles. The zero-order valence-corrected chi connectivity index (χ0v) is 10.4. The standard InChI is InChI=1S/C12H16N2O4/c1-3-14(8-10(16)18-4-2)12(17)11-9(15)6-5-7-13-11/h5-7,15H,3-4,8H2,1-2H3. The van der Waals surface area contributed by atoms with Gasteiger partial charge >= 0.3 is 5.97 Å². The number of hydrogen-bond acceptors (Lipinski definition) is 5. The average Bonchev–Trinajstić information content (AvgIpc) is 2.36. The van der Waals surface area contributed by atoms with Crippen molar-refractivity contribution in [3.05, 3.63) is 24.0 Å². The lowest BCUT2D eigenvalue weighted by molar-refractivity contribution is -0.143. The van der Waals surface area contributed by atoms with Gasteiger partial charge in [0.05, 0.1) is 6.61 Å². The first-order valence-electron chi connectivity index (χ1n) is 5.69. The van der Waals surface area contributed by atoms with Crippen LogP contribution in [0.1, 0.15) is 24.3 Å². The van der Waals surface area contributed by atoms with Crippen molar-refractivity contribution in [2.45, 2.75) is 13.8 Å². The van der Waals surface area contributed by atoms with E-state index in [1.165, 1.54) is 23.2 Å². The van der Waals surface area contributed by atoms with Gasteiger partial charge in [-0.15, -0.1) is 0 Å². The predicted octanol–water partition coefficient (Wildman–Crippen LogP) is 0.812. The van der Waals surface area contributed by atoms with Gasteiger partial charge in [-0.1, -0.05) is 0 Å². The normalized spacial score (nSPS) is 9.89. The number of carbonyl (C=O) groups is 2. The Morgan fingerprint density at radius 3 is 2.72 bits per heavy atom. The average molecular weight is 252 g/mol.